The van der Waals surface area contributed by atoms with Gasteiger partial charge in [-0.2, -0.15) is 22.0 Å². The number of hydrogen-bond acceptors (Lipinski definition) is 18. The molecule has 0 bridgehead atoms. The van der Waals surface area contributed by atoms with Crippen molar-refractivity contribution in [2.45, 2.75) is 61.4 Å². The van der Waals surface area contributed by atoms with Crippen molar-refractivity contribution in [3.05, 3.63) is 246 Å². The van der Waals surface area contributed by atoms with Crippen molar-refractivity contribution in [3.63, 3.8) is 0 Å². The second-order valence-electron chi connectivity index (χ2n) is 28.9. The molecule has 8 aliphatic heterocycles. The van der Waals surface area contributed by atoms with E-state index in [2.05, 4.69) is 84.6 Å². The molecule has 8 aliphatic rings. The van der Waals surface area contributed by atoms with E-state index in [1.54, 1.807) is 85.8 Å². The van der Waals surface area contributed by atoms with Crippen LogP contribution in [0.5, 0.6) is 34.5 Å². The molecule has 126 heavy (non-hydrogen) atoms. The number of hydrogen-bond donors (Lipinski definition) is 9. The van der Waals surface area contributed by atoms with E-state index in [0.717, 1.165) is 41.5 Å². The third-order valence-electron chi connectivity index (χ3n) is 20.7. The van der Waals surface area contributed by atoms with Crippen molar-refractivity contribution in [2.75, 3.05) is 61.7 Å². The molecule has 8 aromatic carbocycles. The van der Waals surface area contributed by atoms with Crippen LogP contribution >= 0.6 is 0 Å². The van der Waals surface area contributed by atoms with Gasteiger partial charge in [0.25, 0.3) is 47.3 Å². The first-order valence-electron chi connectivity index (χ1n) is 37.2. The molecule has 0 unspecified atom stereocenters. The van der Waals surface area contributed by atoms with Crippen LogP contribution in [0, 0.1) is 89.2 Å². The van der Waals surface area contributed by atoms with Gasteiger partial charge in [0.1, 0.15) is 34.6 Å². The highest BCUT2D eigenvalue weighted by Gasteiger charge is 2.53. The van der Waals surface area contributed by atoms with E-state index in [0.29, 0.717) is 79.6 Å². The number of urea groups is 4. The number of halogens is 9. The average molecular weight is 1740 g/mol. The second kappa shape index (κ2) is 34.7. The number of amides is 16. The molecule has 0 radical (unpaired) electrons. The second-order valence-corrected chi connectivity index (χ2v) is 28.9. The number of nitrogens with zero attached hydrogens (tertiary/aromatic N) is 4. The number of imide groups is 4. The summed E-state index contributed by atoms with van der Waals surface area (Å²) in [7, 11) is 7.09. The molecular weight excluding hydrogens is 1670 g/mol. The summed E-state index contributed by atoms with van der Waals surface area (Å²) in [5.74, 6) is 9.91. The SMILES string of the molecule is COc1ccc2c(c1)C(=O)N(C[C@@]1(C#Cc3cc(F)c(F)c(OC)c3)NC(=O)NC1=O)C2.COc1ccc2c(c1)C(=O)N(C[C@@]1(C#Cc3cc(O)c(F)c(F)c3)NC(=O)NC1=O)C2.COc1ccc2c(c1)C(=O)N(C[C@@]1(C#Cc3ccc(C(F)(F)F)c(F)c3)NC(=O)NC1=O)C2.COc1ccc2c(c1)C(=O)N(C[C@@]1(C#Cc3cccc(F)c3C)NC(=O)NC1=O)C2. The molecule has 30 nitrogen and oxygen atoms in total. The Labute approximate surface area is 707 Å². The van der Waals surface area contributed by atoms with Gasteiger partial charge >= 0.3 is 30.3 Å². The van der Waals surface area contributed by atoms with Gasteiger partial charge in [-0.1, -0.05) is 77.7 Å². The summed E-state index contributed by atoms with van der Waals surface area (Å²) in [4.78, 5) is 155. The first-order chi connectivity index (χ1) is 59.8. The zero-order valence-corrected chi connectivity index (χ0v) is 66.4. The number of phenols is 1. The molecule has 16 amide bonds. The molecular formula is C87H65F9N12O18. The van der Waals surface area contributed by atoms with Crippen LogP contribution in [-0.4, -0.2) is 180 Å². The van der Waals surface area contributed by atoms with Crippen molar-refractivity contribution in [3.8, 4) is 81.9 Å². The summed E-state index contributed by atoms with van der Waals surface area (Å²) in [6.07, 6.45) is -4.87. The van der Waals surface area contributed by atoms with Gasteiger partial charge in [0.15, 0.2) is 29.0 Å². The Bertz CT molecular complexity index is 6300. The monoisotopic (exact) mass is 1740 g/mol. The lowest BCUT2D eigenvalue weighted by Crippen LogP contribution is -2.54. The van der Waals surface area contributed by atoms with Crippen LogP contribution in [0.2, 0.25) is 0 Å². The number of carbonyl (C=O) groups is 12. The van der Waals surface area contributed by atoms with Gasteiger partial charge in [-0.3, -0.25) is 59.6 Å². The Balaban J connectivity index is 0.000000144. The third-order valence-corrected chi connectivity index (χ3v) is 20.7. The zero-order valence-electron chi connectivity index (χ0n) is 66.4. The van der Waals surface area contributed by atoms with Crippen LogP contribution < -0.4 is 66.2 Å². The van der Waals surface area contributed by atoms with E-state index in [1.165, 1.54) is 67.3 Å². The van der Waals surface area contributed by atoms with Crippen LogP contribution in [-0.2, 0) is 51.5 Å². The largest absolute Gasteiger partial charge is 0.505 e. The fraction of sp³-hybridized carbons (Fsp3) is 0.218. The summed E-state index contributed by atoms with van der Waals surface area (Å²) < 4.78 is 146. The first kappa shape index (κ1) is 87.6. The Morgan fingerprint density at radius 1 is 0.373 bits per heavy atom. The normalized spacial score (nSPS) is 19.5. The molecule has 16 rings (SSSR count). The minimum atomic E-state index is -4.87. The number of rotatable bonds is 13. The predicted octanol–water partition coefficient (Wildman–Crippen LogP) is 7.00. The van der Waals surface area contributed by atoms with E-state index in [-0.39, 0.29) is 92.5 Å². The number of carbonyl (C=O) groups excluding carboxylic acids is 12. The van der Waals surface area contributed by atoms with Crippen LogP contribution in [0.4, 0.5) is 58.7 Å². The summed E-state index contributed by atoms with van der Waals surface area (Å²) in [5.41, 5.74) is -3.51. The molecule has 4 fully saturated rings. The minimum absolute atomic E-state index is 0.0230. The van der Waals surface area contributed by atoms with E-state index in [9.17, 15) is 102 Å². The van der Waals surface area contributed by atoms with Crippen molar-refractivity contribution in [1.29, 1.82) is 0 Å². The van der Waals surface area contributed by atoms with Crippen LogP contribution in [0.3, 0.4) is 0 Å². The van der Waals surface area contributed by atoms with E-state index in [1.807, 2.05) is 5.32 Å². The van der Waals surface area contributed by atoms with Crippen LogP contribution in [0.15, 0.2) is 133 Å². The summed E-state index contributed by atoms with van der Waals surface area (Å²) in [6, 6.07) is 27.2. The number of benzene rings is 8. The standard InChI is InChI=1S/C22H15F4N3O4.C22H17F2N3O5.C22H18FN3O4.C21H15F2N3O5/c1-33-14-4-3-13-10-29(18(30)15(13)9-14)11-21(19(31)27-20(32)28-21)7-6-12-2-5-16(17(23)8-12)22(24,25)26;1-31-14-4-3-13-10-27(19(28)15(13)9-14)11-22(20(29)25-21(30)26-22)6-5-12-7-16(23)18(24)17(8-12)32-2;1-13-14(4-3-5-18(13)23)8-9-22(20(28)24-21(29)25-22)12-26-11-15-6-7-16(30-2)10-17(15)19(26)27;1-31-13-3-2-12-9-26(18(28)14(12)8-13)10-21(19(29)24-20(30)25-21)5-4-11-6-15(22)17(23)16(27)7-11/h2-5,8-9H,10-11H2,1H3,(H2,27,28,31,32);3-4,7-9H,10-11H2,1-2H3,(H2,25,26,29,30);3-7,10H,11-12H2,1-2H3,(H2,24,25,28,29);2-3,6-8,27H,9-10H2,1H3,(H2,24,25,29,30)/t21-;2*22-;21-/m1111/s1. The highest BCUT2D eigenvalue weighted by Crippen LogP contribution is 2.36. The fourth-order valence-electron chi connectivity index (χ4n) is 14.2. The topological polar surface area (TPSA) is 380 Å². The molecule has 9 N–H and O–H groups in total. The highest BCUT2D eigenvalue weighted by atomic mass is 19.4. The van der Waals surface area contributed by atoms with Gasteiger partial charge in [-0.25, -0.2) is 36.7 Å². The van der Waals surface area contributed by atoms with E-state index >= 15 is 0 Å². The zero-order chi connectivity index (χ0) is 90.8. The number of ether oxygens (including phenoxy) is 5. The molecule has 0 aliphatic carbocycles. The lowest BCUT2D eigenvalue weighted by atomic mass is 9.98. The maximum atomic E-state index is 13.9. The Hall–Kier alpha value is -16.2. The van der Waals surface area contributed by atoms with Gasteiger partial charge < -0.3 is 69.7 Å². The predicted molar refractivity (Wildman–Crippen MR) is 420 cm³/mol. The lowest BCUT2D eigenvalue weighted by molar-refractivity contribution is -0.140. The number of methoxy groups -OCH3 is 5. The fourth-order valence-corrected chi connectivity index (χ4v) is 14.2. The van der Waals surface area contributed by atoms with Gasteiger partial charge in [-0.15, -0.1) is 0 Å². The number of fused-ring (bicyclic) bond motifs is 4. The smallest absolute Gasteiger partial charge is 0.419 e. The number of aromatic hydroxyl groups is 1. The van der Waals surface area contributed by atoms with Crippen molar-refractivity contribution in [2.24, 2.45) is 0 Å². The molecule has 4 saturated heterocycles. The maximum absolute atomic E-state index is 13.9. The number of phenolic OH excluding ortho intramolecular Hbond substituents is 1. The quantitative estimate of drug-likeness (QED) is 0.0318. The van der Waals surface area contributed by atoms with Crippen molar-refractivity contribution < 1.29 is 126 Å². The number of alkyl halides is 3. The highest BCUT2D eigenvalue weighted by molar-refractivity contribution is 6.13. The average Bonchev–Trinajstić information content (AvgIpc) is 1.61. The lowest BCUT2D eigenvalue weighted by Gasteiger charge is -2.26. The number of nitrogens with one attached hydrogen (secondary N) is 8. The van der Waals surface area contributed by atoms with Crippen molar-refractivity contribution in [1.82, 2.24) is 62.1 Å². The molecule has 0 saturated carbocycles. The van der Waals surface area contributed by atoms with Gasteiger partial charge in [0.2, 0.25) is 28.0 Å². The molecule has 8 heterocycles. The van der Waals surface area contributed by atoms with Crippen LogP contribution in [0.1, 0.15) is 97.1 Å². The Morgan fingerprint density at radius 2 is 0.698 bits per heavy atom. The molecule has 8 aromatic rings. The van der Waals surface area contributed by atoms with E-state index in [4.69, 9.17) is 23.7 Å². The van der Waals surface area contributed by atoms with Gasteiger partial charge in [-0.05, 0) is 132 Å². The summed E-state index contributed by atoms with van der Waals surface area (Å²) in [5, 5.41) is 27.6. The van der Waals surface area contributed by atoms with E-state index < -0.39 is 128 Å². The van der Waals surface area contributed by atoms with Gasteiger partial charge in [0.05, 0.1) is 67.3 Å². The third kappa shape index (κ3) is 17.8. The molecule has 0 spiro atoms. The summed E-state index contributed by atoms with van der Waals surface area (Å²) >= 11 is 0. The Morgan fingerprint density at radius 3 is 1.01 bits per heavy atom. The van der Waals surface area contributed by atoms with Crippen LogP contribution in [0.25, 0.3) is 0 Å². The van der Waals surface area contributed by atoms with Crippen molar-refractivity contribution >= 4 is 71.4 Å². The molecule has 39 heteroatoms. The molecule has 644 valence electrons. The molecule has 0 aromatic heterocycles. The maximum Gasteiger partial charge on any atom is 0.419 e. The van der Waals surface area contributed by atoms with Gasteiger partial charge in [0, 0.05) is 76.3 Å². The Kier molecular flexibility index (Phi) is 24.2. The molecule has 4 atom stereocenters. The first-order valence-corrected chi connectivity index (χ1v) is 37.2. The minimum Gasteiger partial charge on any atom is -0.505 e. The summed E-state index contributed by atoms with van der Waals surface area (Å²) in [6.45, 7) is 1.33.